The Kier molecular flexibility index (Phi) is 4.37. The van der Waals surface area contributed by atoms with Crippen molar-refractivity contribution in [3.63, 3.8) is 0 Å². The summed E-state index contributed by atoms with van der Waals surface area (Å²) in [4.78, 5) is 12.0. The molecule has 0 radical (unpaired) electrons. The Balaban J connectivity index is 2.73. The monoisotopic (exact) mass is 239 g/mol. The van der Waals surface area contributed by atoms with E-state index in [9.17, 15) is 9.18 Å². The largest absolute Gasteiger partial charge is 0.394 e. The van der Waals surface area contributed by atoms with Crippen LogP contribution in [-0.2, 0) is 0 Å². The maximum Gasteiger partial charge on any atom is 0.179 e. The molecule has 0 aliphatic heterocycles. The van der Waals surface area contributed by atoms with Gasteiger partial charge in [-0.1, -0.05) is 0 Å². The van der Waals surface area contributed by atoms with Crippen LogP contribution < -0.4 is 5.32 Å². The zero-order valence-electron chi connectivity index (χ0n) is 10.3. The third-order valence-electron chi connectivity index (χ3n) is 2.52. The summed E-state index contributed by atoms with van der Waals surface area (Å²) < 4.78 is 12.7. The molecular formula is C13H18FNO2. The van der Waals surface area contributed by atoms with E-state index in [2.05, 4.69) is 5.32 Å². The van der Waals surface area contributed by atoms with Crippen molar-refractivity contribution in [2.24, 2.45) is 0 Å². The van der Waals surface area contributed by atoms with E-state index in [1.54, 1.807) is 20.8 Å². The van der Waals surface area contributed by atoms with Gasteiger partial charge in [0.15, 0.2) is 5.78 Å². The molecular weight excluding hydrogens is 221 g/mol. The van der Waals surface area contributed by atoms with Crippen LogP contribution in [0.1, 0.15) is 31.1 Å². The molecule has 1 rings (SSSR count). The summed E-state index contributed by atoms with van der Waals surface area (Å²) in [7, 11) is 0. The predicted molar refractivity (Wildman–Crippen MR) is 64.5 cm³/mol. The number of aliphatic hydroxyl groups excluding tert-OH is 1. The lowest BCUT2D eigenvalue weighted by Gasteiger charge is -2.27. The molecule has 0 aromatic heterocycles. The van der Waals surface area contributed by atoms with Gasteiger partial charge >= 0.3 is 0 Å². The second-order valence-electron chi connectivity index (χ2n) is 4.78. The van der Waals surface area contributed by atoms with Crippen molar-refractivity contribution < 1.29 is 14.3 Å². The number of carbonyl (C=O) groups is 1. The topological polar surface area (TPSA) is 49.3 Å². The molecule has 0 unspecified atom stereocenters. The molecule has 0 aliphatic carbocycles. The number of rotatable bonds is 5. The minimum atomic E-state index is -0.519. The molecule has 2 N–H and O–H groups in total. The molecule has 1 aromatic carbocycles. The van der Waals surface area contributed by atoms with E-state index in [4.69, 9.17) is 5.11 Å². The fourth-order valence-electron chi connectivity index (χ4n) is 1.56. The van der Waals surface area contributed by atoms with Crippen LogP contribution in [0.15, 0.2) is 24.3 Å². The summed E-state index contributed by atoms with van der Waals surface area (Å²) in [6, 6.07) is 5.01. The molecule has 0 bridgehead atoms. The highest BCUT2D eigenvalue weighted by molar-refractivity contribution is 5.99. The van der Waals surface area contributed by atoms with Gasteiger partial charge in [-0.2, -0.15) is 0 Å². The van der Waals surface area contributed by atoms with E-state index < -0.39 is 11.6 Å². The van der Waals surface area contributed by atoms with Gasteiger partial charge in [-0.3, -0.25) is 4.79 Å². The highest BCUT2D eigenvalue weighted by atomic mass is 19.1. The number of halogens is 1. The zero-order valence-corrected chi connectivity index (χ0v) is 10.3. The van der Waals surface area contributed by atoms with Crippen LogP contribution in [0.3, 0.4) is 0 Å². The summed E-state index contributed by atoms with van der Waals surface area (Å²) in [5.74, 6) is -0.482. The van der Waals surface area contributed by atoms with Gasteiger partial charge in [-0.25, -0.2) is 4.39 Å². The van der Waals surface area contributed by atoms with E-state index in [0.717, 1.165) is 0 Å². The molecule has 4 heteroatoms. The maximum atomic E-state index is 12.7. The number of Topliss-reactive ketones (excluding diaryl/α,β-unsaturated/α-hetero) is 1. The van der Waals surface area contributed by atoms with Crippen LogP contribution in [0.25, 0.3) is 0 Å². The molecule has 1 aromatic rings. The zero-order chi connectivity index (χ0) is 13.1. The van der Waals surface area contributed by atoms with E-state index in [1.165, 1.54) is 24.3 Å². The average Bonchev–Trinajstić information content (AvgIpc) is 2.28. The van der Waals surface area contributed by atoms with Gasteiger partial charge in [-0.05, 0) is 45.0 Å². The van der Waals surface area contributed by atoms with Gasteiger partial charge in [0, 0.05) is 11.1 Å². The van der Waals surface area contributed by atoms with Gasteiger partial charge < -0.3 is 10.4 Å². The fraction of sp³-hybridized carbons (Fsp3) is 0.462. The first-order valence-corrected chi connectivity index (χ1v) is 5.54. The molecule has 0 amide bonds. The van der Waals surface area contributed by atoms with Gasteiger partial charge in [0.25, 0.3) is 0 Å². The Hall–Kier alpha value is -1.26. The second-order valence-corrected chi connectivity index (χ2v) is 4.78. The summed E-state index contributed by atoms with van der Waals surface area (Å²) in [5, 5.41) is 12.1. The van der Waals surface area contributed by atoms with Crippen molar-refractivity contribution in [1.29, 1.82) is 0 Å². The number of benzene rings is 1. The Morgan fingerprint density at radius 2 is 1.94 bits per heavy atom. The van der Waals surface area contributed by atoms with Crippen molar-refractivity contribution in [3.8, 4) is 0 Å². The lowest BCUT2D eigenvalue weighted by atomic mass is 10.0. The summed E-state index contributed by atoms with van der Waals surface area (Å²) in [6.07, 6.45) is 0. The Labute approximate surface area is 101 Å². The number of hydrogen-bond donors (Lipinski definition) is 2. The van der Waals surface area contributed by atoms with E-state index in [0.29, 0.717) is 5.56 Å². The third kappa shape index (κ3) is 3.91. The molecule has 3 nitrogen and oxygen atoms in total. The first kappa shape index (κ1) is 13.8. The van der Waals surface area contributed by atoms with Crippen molar-refractivity contribution in [2.45, 2.75) is 32.4 Å². The number of ketones is 1. The van der Waals surface area contributed by atoms with Crippen molar-refractivity contribution in [3.05, 3.63) is 35.6 Å². The van der Waals surface area contributed by atoms with Crippen LogP contribution >= 0.6 is 0 Å². The highest BCUT2D eigenvalue weighted by Gasteiger charge is 2.23. The first-order valence-electron chi connectivity index (χ1n) is 5.54. The number of hydrogen-bond acceptors (Lipinski definition) is 3. The van der Waals surface area contributed by atoms with Crippen LogP contribution in [-0.4, -0.2) is 29.1 Å². The minimum absolute atomic E-state index is 0.0615. The van der Waals surface area contributed by atoms with E-state index in [1.807, 2.05) is 0 Å². The van der Waals surface area contributed by atoms with Crippen LogP contribution in [0, 0.1) is 5.82 Å². The lowest BCUT2D eigenvalue weighted by molar-refractivity contribution is 0.0911. The first-order chi connectivity index (χ1) is 7.85. The maximum absolute atomic E-state index is 12.7. The molecule has 1 atom stereocenters. The van der Waals surface area contributed by atoms with Gasteiger partial charge in [-0.15, -0.1) is 0 Å². The predicted octanol–water partition coefficient (Wildman–Crippen LogP) is 1.76. The highest BCUT2D eigenvalue weighted by Crippen LogP contribution is 2.09. The SMILES string of the molecule is C[C@H](NC(C)(C)CO)C(=O)c1ccc(F)cc1. The molecule has 0 heterocycles. The van der Waals surface area contributed by atoms with Crippen LogP contribution in [0.5, 0.6) is 0 Å². The number of nitrogens with one attached hydrogen (secondary N) is 1. The van der Waals surface area contributed by atoms with E-state index >= 15 is 0 Å². The van der Waals surface area contributed by atoms with Gasteiger partial charge in [0.05, 0.1) is 12.6 Å². The summed E-state index contributed by atoms with van der Waals surface area (Å²) in [6.45, 7) is 5.28. The smallest absolute Gasteiger partial charge is 0.179 e. The standard InChI is InChI=1S/C13H18FNO2/c1-9(15-13(2,3)8-16)12(17)10-4-6-11(14)7-5-10/h4-7,9,15-16H,8H2,1-3H3/t9-/m0/s1. The average molecular weight is 239 g/mol. The van der Waals surface area contributed by atoms with Crippen LogP contribution in [0.2, 0.25) is 0 Å². The quantitative estimate of drug-likeness (QED) is 0.770. The van der Waals surface area contributed by atoms with Crippen molar-refractivity contribution >= 4 is 5.78 Å². The van der Waals surface area contributed by atoms with E-state index in [-0.39, 0.29) is 18.2 Å². The molecule has 17 heavy (non-hydrogen) atoms. The molecule has 0 saturated heterocycles. The van der Waals surface area contributed by atoms with Crippen LogP contribution in [0.4, 0.5) is 4.39 Å². The van der Waals surface area contributed by atoms with Crippen molar-refractivity contribution in [2.75, 3.05) is 6.61 Å². The number of aliphatic hydroxyl groups is 1. The fourth-order valence-corrected chi connectivity index (χ4v) is 1.56. The number of carbonyl (C=O) groups excluding carboxylic acids is 1. The minimum Gasteiger partial charge on any atom is -0.394 e. The lowest BCUT2D eigenvalue weighted by Crippen LogP contribution is -2.50. The Morgan fingerprint density at radius 3 is 2.41 bits per heavy atom. The van der Waals surface area contributed by atoms with Crippen molar-refractivity contribution in [1.82, 2.24) is 5.32 Å². The molecule has 0 aliphatic rings. The summed E-state index contributed by atoms with van der Waals surface area (Å²) >= 11 is 0. The Morgan fingerprint density at radius 1 is 1.41 bits per heavy atom. The summed E-state index contributed by atoms with van der Waals surface area (Å²) in [5.41, 5.74) is -0.0603. The third-order valence-corrected chi connectivity index (χ3v) is 2.52. The molecule has 0 spiro atoms. The Bertz CT molecular complexity index is 387. The normalized spacial score (nSPS) is 13.5. The second kappa shape index (κ2) is 5.38. The molecule has 0 saturated carbocycles. The molecule has 94 valence electrons. The van der Waals surface area contributed by atoms with Gasteiger partial charge in [0.2, 0.25) is 0 Å². The van der Waals surface area contributed by atoms with Gasteiger partial charge in [0.1, 0.15) is 5.82 Å². The molecule has 0 fully saturated rings.